The van der Waals surface area contributed by atoms with Gasteiger partial charge in [-0.15, -0.1) is 24.0 Å². The van der Waals surface area contributed by atoms with Gasteiger partial charge >= 0.3 is 0 Å². The van der Waals surface area contributed by atoms with E-state index in [-0.39, 0.29) is 36.5 Å². The van der Waals surface area contributed by atoms with Gasteiger partial charge in [0.25, 0.3) is 5.91 Å². The summed E-state index contributed by atoms with van der Waals surface area (Å²) in [5, 5.41) is 6.19. The molecule has 1 heterocycles. The van der Waals surface area contributed by atoms with Gasteiger partial charge in [0.15, 0.2) is 12.6 Å². The van der Waals surface area contributed by atoms with Crippen molar-refractivity contribution in [2.45, 2.75) is 13.5 Å². The number of amides is 2. The Morgan fingerprint density at radius 3 is 2.59 bits per heavy atom. The van der Waals surface area contributed by atoms with Gasteiger partial charge in [0.2, 0.25) is 5.91 Å². The van der Waals surface area contributed by atoms with Crippen LogP contribution in [0, 0.1) is 0 Å². The van der Waals surface area contributed by atoms with Gasteiger partial charge in [-0.1, -0.05) is 12.1 Å². The maximum Gasteiger partial charge on any atom is 0.255 e. The number of rotatable bonds is 11. The molecular formula is C21H35IN6O4. The summed E-state index contributed by atoms with van der Waals surface area (Å²) >= 11 is 0. The first-order valence-electron chi connectivity index (χ1n) is 10.5. The van der Waals surface area contributed by atoms with Crippen molar-refractivity contribution in [3.8, 4) is 5.75 Å². The maximum absolute atomic E-state index is 12.0. The predicted octanol–water partition coefficient (Wildman–Crippen LogP) is 0.0144. The number of nitrogens with two attached hydrogens (primary N) is 1. The molecule has 0 saturated carbocycles. The van der Waals surface area contributed by atoms with Gasteiger partial charge in [-0.3, -0.25) is 14.5 Å². The molecule has 0 aliphatic carbocycles. The second kappa shape index (κ2) is 15.6. The van der Waals surface area contributed by atoms with E-state index in [9.17, 15) is 9.59 Å². The summed E-state index contributed by atoms with van der Waals surface area (Å²) < 4.78 is 10.3. The summed E-state index contributed by atoms with van der Waals surface area (Å²) in [6, 6.07) is 7.47. The number of hydrogen-bond donors (Lipinski definition) is 3. The number of hydrogen-bond acceptors (Lipinski definition) is 6. The lowest BCUT2D eigenvalue weighted by Crippen LogP contribution is -2.54. The summed E-state index contributed by atoms with van der Waals surface area (Å²) in [5.74, 6) is 0.943. The summed E-state index contributed by atoms with van der Waals surface area (Å²) in [4.78, 5) is 32.0. The molecule has 0 atom stereocenters. The Kier molecular flexibility index (Phi) is 13.6. The highest BCUT2D eigenvalue weighted by atomic mass is 127. The Bertz CT molecular complexity index is 741. The zero-order chi connectivity index (χ0) is 22.5. The van der Waals surface area contributed by atoms with Crippen LogP contribution in [0.4, 0.5) is 0 Å². The van der Waals surface area contributed by atoms with Crippen molar-refractivity contribution in [2.75, 3.05) is 66.1 Å². The minimum atomic E-state index is -0.510. The van der Waals surface area contributed by atoms with Gasteiger partial charge in [0.1, 0.15) is 5.75 Å². The van der Waals surface area contributed by atoms with Crippen LogP contribution in [0.15, 0.2) is 29.3 Å². The monoisotopic (exact) mass is 562 g/mol. The van der Waals surface area contributed by atoms with E-state index in [1.54, 1.807) is 13.2 Å². The first-order valence-corrected chi connectivity index (χ1v) is 10.5. The van der Waals surface area contributed by atoms with Crippen molar-refractivity contribution in [3.63, 3.8) is 0 Å². The Labute approximate surface area is 206 Å². The number of ether oxygens (including phenoxy) is 2. The Balaban J connectivity index is 0.00000512. The standard InChI is InChI=1S/C21H34N6O4.HI/c1-3-23-21(25-14-17-5-4-6-18(13-17)31-16-19(22)28)27-10-8-26(9-11-27)15-20(29)24-7-12-30-2;/h4-6,13H,3,7-12,14-16H2,1-2H3,(H2,22,28)(H,23,25)(H,24,29);1H. The first-order chi connectivity index (χ1) is 15.0. The van der Waals surface area contributed by atoms with E-state index < -0.39 is 5.91 Å². The number of carbonyl (C=O) groups excluding carboxylic acids is 2. The number of carbonyl (C=O) groups is 2. The van der Waals surface area contributed by atoms with Crippen LogP contribution in [-0.4, -0.2) is 93.7 Å². The molecule has 0 aromatic heterocycles. The lowest BCUT2D eigenvalue weighted by molar-refractivity contribution is -0.122. The van der Waals surface area contributed by atoms with E-state index in [2.05, 4.69) is 20.4 Å². The normalized spacial score (nSPS) is 14.4. The van der Waals surface area contributed by atoms with Crippen LogP contribution in [0.2, 0.25) is 0 Å². The molecule has 11 heteroatoms. The molecule has 2 amide bonds. The van der Waals surface area contributed by atoms with Crippen molar-refractivity contribution in [1.82, 2.24) is 20.4 Å². The smallest absolute Gasteiger partial charge is 0.255 e. The Morgan fingerprint density at radius 1 is 1.19 bits per heavy atom. The zero-order valence-electron chi connectivity index (χ0n) is 18.8. The fourth-order valence-corrected chi connectivity index (χ4v) is 3.15. The van der Waals surface area contributed by atoms with Crippen LogP contribution in [-0.2, 0) is 20.9 Å². The molecule has 2 rings (SSSR count). The Hall–Kier alpha value is -2.12. The third kappa shape index (κ3) is 10.5. The summed E-state index contributed by atoms with van der Waals surface area (Å²) in [6.07, 6.45) is 0. The predicted molar refractivity (Wildman–Crippen MR) is 134 cm³/mol. The van der Waals surface area contributed by atoms with Gasteiger partial charge in [0, 0.05) is 46.4 Å². The molecule has 0 radical (unpaired) electrons. The van der Waals surface area contributed by atoms with E-state index in [4.69, 9.17) is 20.2 Å². The molecule has 1 aliphatic rings. The number of piperazine rings is 1. The minimum Gasteiger partial charge on any atom is -0.484 e. The molecule has 1 saturated heterocycles. The second-order valence-corrected chi connectivity index (χ2v) is 7.18. The van der Waals surface area contributed by atoms with Gasteiger partial charge in [0.05, 0.1) is 19.7 Å². The average molecular weight is 562 g/mol. The number of aliphatic imine (C=N–C) groups is 1. The fourth-order valence-electron chi connectivity index (χ4n) is 3.15. The molecule has 0 bridgehead atoms. The molecule has 32 heavy (non-hydrogen) atoms. The van der Waals surface area contributed by atoms with E-state index in [0.717, 1.165) is 44.2 Å². The van der Waals surface area contributed by atoms with E-state index in [1.165, 1.54) is 0 Å². The number of nitrogens with one attached hydrogen (secondary N) is 2. The molecule has 4 N–H and O–H groups in total. The largest absolute Gasteiger partial charge is 0.484 e. The topological polar surface area (TPSA) is 122 Å². The molecule has 1 aromatic carbocycles. The van der Waals surface area contributed by atoms with Crippen molar-refractivity contribution in [2.24, 2.45) is 10.7 Å². The number of benzene rings is 1. The van der Waals surface area contributed by atoms with E-state index in [0.29, 0.717) is 32.0 Å². The summed E-state index contributed by atoms with van der Waals surface area (Å²) in [6.45, 7) is 7.74. The molecule has 0 spiro atoms. The summed E-state index contributed by atoms with van der Waals surface area (Å²) in [7, 11) is 1.61. The van der Waals surface area contributed by atoms with Crippen LogP contribution in [0.1, 0.15) is 12.5 Å². The van der Waals surface area contributed by atoms with Gasteiger partial charge in [-0.05, 0) is 24.6 Å². The third-order valence-corrected chi connectivity index (χ3v) is 4.69. The fraction of sp³-hybridized carbons (Fsp3) is 0.571. The minimum absolute atomic E-state index is 0. The zero-order valence-corrected chi connectivity index (χ0v) is 21.2. The number of nitrogens with zero attached hydrogens (tertiary/aromatic N) is 3. The average Bonchev–Trinajstić information content (AvgIpc) is 2.76. The highest BCUT2D eigenvalue weighted by Crippen LogP contribution is 2.14. The molecule has 1 aromatic rings. The van der Waals surface area contributed by atoms with Gasteiger partial charge in [-0.25, -0.2) is 4.99 Å². The number of guanidine groups is 1. The second-order valence-electron chi connectivity index (χ2n) is 7.18. The van der Waals surface area contributed by atoms with Gasteiger partial charge < -0.3 is 30.7 Å². The van der Waals surface area contributed by atoms with Crippen LogP contribution < -0.4 is 21.1 Å². The van der Waals surface area contributed by atoms with Crippen molar-refractivity contribution < 1.29 is 19.1 Å². The van der Waals surface area contributed by atoms with E-state index >= 15 is 0 Å². The molecule has 1 aliphatic heterocycles. The third-order valence-electron chi connectivity index (χ3n) is 4.69. The Morgan fingerprint density at radius 2 is 1.94 bits per heavy atom. The number of methoxy groups -OCH3 is 1. The molecular weight excluding hydrogens is 527 g/mol. The number of halogens is 1. The lowest BCUT2D eigenvalue weighted by Gasteiger charge is -2.36. The first kappa shape index (κ1) is 27.9. The van der Waals surface area contributed by atoms with Crippen molar-refractivity contribution in [3.05, 3.63) is 29.8 Å². The van der Waals surface area contributed by atoms with Crippen LogP contribution in [0.3, 0.4) is 0 Å². The van der Waals surface area contributed by atoms with Crippen LogP contribution in [0.25, 0.3) is 0 Å². The molecule has 180 valence electrons. The lowest BCUT2D eigenvalue weighted by atomic mass is 10.2. The number of primary amides is 1. The van der Waals surface area contributed by atoms with E-state index in [1.807, 2.05) is 25.1 Å². The maximum atomic E-state index is 12.0. The molecule has 1 fully saturated rings. The SMILES string of the molecule is CCNC(=NCc1cccc(OCC(N)=O)c1)N1CCN(CC(=O)NCCOC)CC1.I. The van der Waals surface area contributed by atoms with Crippen LogP contribution >= 0.6 is 24.0 Å². The molecule has 0 unspecified atom stereocenters. The highest BCUT2D eigenvalue weighted by Gasteiger charge is 2.21. The summed E-state index contributed by atoms with van der Waals surface area (Å²) in [5.41, 5.74) is 6.10. The highest BCUT2D eigenvalue weighted by molar-refractivity contribution is 14.0. The molecule has 10 nitrogen and oxygen atoms in total. The van der Waals surface area contributed by atoms with Gasteiger partial charge in [-0.2, -0.15) is 0 Å². The quantitative estimate of drug-likeness (QED) is 0.151. The van der Waals surface area contributed by atoms with Crippen molar-refractivity contribution in [1.29, 1.82) is 0 Å². The van der Waals surface area contributed by atoms with Crippen LogP contribution in [0.5, 0.6) is 5.75 Å². The van der Waals surface area contributed by atoms with Crippen molar-refractivity contribution >= 4 is 41.8 Å².